The first kappa shape index (κ1) is 25.0. The summed E-state index contributed by atoms with van der Waals surface area (Å²) < 4.78 is 44.4. The average molecular weight is 502 g/mol. The summed E-state index contributed by atoms with van der Waals surface area (Å²) in [5, 5.41) is 10.4. The lowest BCUT2D eigenvalue weighted by molar-refractivity contribution is -0.272. The van der Waals surface area contributed by atoms with Crippen LogP contribution in [0, 0.1) is 11.8 Å². The van der Waals surface area contributed by atoms with E-state index in [2.05, 4.69) is 21.8 Å². The van der Waals surface area contributed by atoms with Crippen molar-refractivity contribution in [2.75, 3.05) is 26.2 Å². The number of benzene rings is 2. The molecular weight excluding hydrogens is 479 g/mol. The summed E-state index contributed by atoms with van der Waals surface area (Å²) in [6.07, 6.45) is -1.95. The van der Waals surface area contributed by atoms with E-state index < -0.39 is 11.8 Å². The molecular formula is C26H23ClF3N3O2. The van der Waals surface area contributed by atoms with Gasteiger partial charge in [-0.1, -0.05) is 29.7 Å². The minimum atomic E-state index is -4.59. The molecule has 1 aliphatic rings. The number of likely N-dealkylation sites (tertiary alicyclic amines) is 1. The minimum absolute atomic E-state index is 0.178. The molecule has 2 heterocycles. The van der Waals surface area contributed by atoms with E-state index in [0.29, 0.717) is 29.6 Å². The van der Waals surface area contributed by atoms with Crippen molar-refractivity contribution in [1.82, 2.24) is 14.9 Å². The summed E-state index contributed by atoms with van der Waals surface area (Å²) in [7, 11) is 0. The molecule has 1 fully saturated rings. The topological polar surface area (TPSA) is 58.5 Å². The summed E-state index contributed by atoms with van der Waals surface area (Å²) in [5.74, 6) is 6.66. The van der Waals surface area contributed by atoms with Crippen molar-refractivity contribution < 1.29 is 23.0 Å². The minimum Gasteiger partial charge on any atom is -0.492 e. The summed E-state index contributed by atoms with van der Waals surface area (Å²) >= 11 is 5.91. The van der Waals surface area contributed by atoms with Crippen LogP contribution in [-0.4, -0.2) is 58.0 Å². The Hall–Kier alpha value is -3.12. The van der Waals surface area contributed by atoms with Crippen molar-refractivity contribution in [1.29, 1.82) is 0 Å². The van der Waals surface area contributed by atoms with E-state index >= 15 is 0 Å². The number of halogens is 4. The van der Waals surface area contributed by atoms with Crippen molar-refractivity contribution in [3.05, 3.63) is 77.2 Å². The Labute approximate surface area is 206 Å². The molecule has 0 atom stereocenters. The third-order valence-corrected chi connectivity index (χ3v) is 6.12. The fourth-order valence-electron chi connectivity index (χ4n) is 3.66. The van der Waals surface area contributed by atoms with Gasteiger partial charge in [-0.15, -0.1) is 0 Å². The molecule has 2 aromatic carbocycles. The van der Waals surface area contributed by atoms with Crippen LogP contribution in [0.5, 0.6) is 5.75 Å². The maximum Gasteiger partial charge on any atom is 0.417 e. The van der Waals surface area contributed by atoms with E-state index in [1.165, 1.54) is 0 Å². The maximum atomic E-state index is 12.9. The van der Waals surface area contributed by atoms with Gasteiger partial charge in [-0.3, -0.25) is 9.88 Å². The summed E-state index contributed by atoms with van der Waals surface area (Å²) in [6, 6.07) is 14.6. The second-order valence-corrected chi connectivity index (χ2v) is 8.72. The van der Waals surface area contributed by atoms with Gasteiger partial charge < -0.3 is 9.84 Å². The molecule has 0 unspecified atom stereocenters. The molecule has 0 bridgehead atoms. The van der Waals surface area contributed by atoms with E-state index in [0.717, 1.165) is 16.8 Å². The number of hydrogen-bond donors (Lipinski definition) is 1. The summed E-state index contributed by atoms with van der Waals surface area (Å²) in [4.78, 5) is 10.6. The first-order valence-corrected chi connectivity index (χ1v) is 11.4. The van der Waals surface area contributed by atoms with E-state index in [4.69, 9.17) is 16.3 Å². The van der Waals surface area contributed by atoms with Gasteiger partial charge >= 0.3 is 6.18 Å². The standard InChI is InChI=1S/C26H23ClF3N3O2/c27-21-6-4-20(5-7-21)24-18-31-22(17-32-24)8-1-19-2-9-23(10-3-19)35-16-15-33-13-11-25(34,12-14-33)26(28,29)30/h2-7,9-10,17-18,34H,11-16H2. The molecule has 0 aliphatic carbocycles. The van der Waals surface area contributed by atoms with Crippen LogP contribution < -0.4 is 4.74 Å². The lowest BCUT2D eigenvalue weighted by atomic mass is 9.91. The zero-order valence-electron chi connectivity index (χ0n) is 18.7. The Morgan fingerprint density at radius 1 is 0.971 bits per heavy atom. The molecule has 0 radical (unpaired) electrons. The third-order valence-electron chi connectivity index (χ3n) is 5.87. The molecule has 1 saturated heterocycles. The molecule has 1 aromatic heterocycles. The highest BCUT2D eigenvalue weighted by molar-refractivity contribution is 6.30. The Balaban J connectivity index is 1.24. The van der Waals surface area contributed by atoms with Gasteiger partial charge in [0.15, 0.2) is 5.60 Å². The number of hydrogen-bond acceptors (Lipinski definition) is 5. The quantitative estimate of drug-likeness (QED) is 0.501. The number of alkyl halides is 3. The van der Waals surface area contributed by atoms with Crippen LogP contribution in [0.4, 0.5) is 13.2 Å². The van der Waals surface area contributed by atoms with Crippen LogP contribution >= 0.6 is 11.6 Å². The Morgan fingerprint density at radius 3 is 2.26 bits per heavy atom. The van der Waals surface area contributed by atoms with Crippen LogP contribution in [0.2, 0.25) is 5.02 Å². The van der Waals surface area contributed by atoms with Crippen LogP contribution in [0.25, 0.3) is 11.3 Å². The number of aliphatic hydroxyl groups is 1. The second-order valence-electron chi connectivity index (χ2n) is 8.29. The molecule has 1 N–H and O–H groups in total. The zero-order chi connectivity index (χ0) is 24.9. The van der Waals surface area contributed by atoms with Crippen LogP contribution in [0.15, 0.2) is 60.9 Å². The highest BCUT2D eigenvalue weighted by Gasteiger charge is 2.54. The number of ether oxygens (including phenoxy) is 1. The highest BCUT2D eigenvalue weighted by Crippen LogP contribution is 2.38. The SMILES string of the molecule is OC1(C(F)(F)F)CCN(CCOc2ccc(C#Cc3cnc(-c4ccc(Cl)cc4)cn3)cc2)CC1. The number of piperidine rings is 1. The van der Waals surface area contributed by atoms with Gasteiger partial charge in [0.25, 0.3) is 0 Å². The predicted octanol–water partition coefficient (Wildman–Crippen LogP) is 4.96. The van der Waals surface area contributed by atoms with Crippen molar-refractivity contribution in [3.63, 3.8) is 0 Å². The van der Waals surface area contributed by atoms with Crippen molar-refractivity contribution in [3.8, 4) is 28.8 Å². The van der Waals surface area contributed by atoms with Crippen molar-refractivity contribution >= 4 is 11.6 Å². The Kier molecular flexibility index (Phi) is 7.60. The number of rotatable bonds is 5. The lowest BCUT2D eigenvalue weighted by Crippen LogP contribution is -2.53. The molecule has 3 aromatic rings. The van der Waals surface area contributed by atoms with Crippen LogP contribution in [-0.2, 0) is 0 Å². The number of aromatic nitrogens is 2. The monoisotopic (exact) mass is 501 g/mol. The van der Waals surface area contributed by atoms with Crippen LogP contribution in [0.1, 0.15) is 24.1 Å². The van der Waals surface area contributed by atoms with Gasteiger partial charge in [0.05, 0.1) is 18.1 Å². The van der Waals surface area contributed by atoms with E-state index in [1.54, 1.807) is 36.7 Å². The van der Waals surface area contributed by atoms with Gasteiger partial charge in [0.2, 0.25) is 0 Å². The van der Waals surface area contributed by atoms with Crippen molar-refractivity contribution in [2.45, 2.75) is 24.6 Å². The molecule has 0 spiro atoms. The van der Waals surface area contributed by atoms with Gasteiger partial charge in [-0.05, 0) is 55.2 Å². The second kappa shape index (κ2) is 10.6. The van der Waals surface area contributed by atoms with Gasteiger partial charge in [0.1, 0.15) is 18.1 Å². The summed E-state index contributed by atoms with van der Waals surface area (Å²) in [5.41, 5.74) is 0.394. The average Bonchev–Trinajstić information content (AvgIpc) is 2.85. The lowest BCUT2D eigenvalue weighted by Gasteiger charge is -2.39. The molecule has 4 rings (SSSR count). The molecule has 0 saturated carbocycles. The smallest absolute Gasteiger partial charge is 0.417 e. The molecule has 35 heavy (non-hydrogen) atoms. The Morgan fingerprint density at radius 2 is 1.66 bits per heavy atom. The third kappa shape index (κ3) is 6.51. The molecule has 9 heteroatoms. The van der Waals surface area contributed by atoms with Crippen molar-refractivity contribution in [2.24, 2.45) is 0 Å². The largest absolute Gasteiger partial charge is 0.492 e. The molecule has 0 amide bonds. The molecule has 182 valence electrons. The molecule has 1 aliphatic heterocycles. The zero-order valence-corrected chi connectivity index (χ0v) is 19.5. The van der Waals surface area contributed by atoms with Gasteiger partial charge in [0, 0.05) is 35.8 Å². The highest BCUT2D eigenvalue weighted by atomic mass is 35.5. The van der Waals surface area contributed by atoms with E-state index in [9.17, 15) is 18.3 Å². The first-order valence-electron chi connectivity index (χ1n) is 11.1. The fraction of sp³-hybridized carbons (Fsp3) is 0.308. The fourth-order valence-corrected chi connectivity index (χ4v) is 3.78. The van der Waals surface area contributed by atoms with Crippen LogP contribution in [0.3, 0.4) is 0 Å². The molecule has 5 nitrogen and oxygen atoms in total. The predicted molar refractivity (Wildman–Crippen MR) is 127 cm³/mol. The van der Waals surface area contributed by atoms with Gasteiger partial charge in [-0.2, -0.15) is 13.2 Å². The van der Waals surface area contributed by atoms with Gasteiger partial charge in [-0.25, -0.2) is 4.98 Å². The maximum absolute atomic E-state index is 12.9. The summed E-state index contributed by atoms with van der Waals surface area (Å²) in [6.45, 7) is 1.18. The van der Waals surface area contributed by atoms with E-state index in [1.807, 2.05) is 29.2 Å². The van der Waals surface area contributed by atoms with E-state index in [-0.39, 0.29) is 25.9 Å². The Bertz CT molecular complexity index is 1180. The number of nitrogens with zero attached hydrogens (tertiary/aromatic N) is 3. The normalized spacial score (nSPS) is 15.8. The first-order chi connectivity index (χ1) is 16.7.